The number of nitrogens with zero attached hydrogens (tertiary/aromatic N) is 1. The Morgan fingerprint density at radius 2 is 1.76 bits per heavy atom. The molecule has 0 aromatic carbocycles. The Balaban J connectivity index is 2.66. The van der Waals surface area contributed by atoms with E-state index >= 15 is 0 Å². The summed E-state index contributed by atoms with van der Waals surface area (Å²) in [6, 6.07) is 0. The highest BCUT2D eigenvalue weighted by Gasteiger charge is 2.03. The predicted octanol–water partition coefficient (Wildman–Crippen LogP) is 3.33. The van der Waals surface area contributed by atoms with Crippen molar-refractivity contribution >= 4 is 0 Å². The van der Waals surface area contributed by atoms with Crippen LogP contribution in [0.3, 0.4) is 0 Å². The molecule has 17 heavy (non-hydrogen) atoms. The van der Waals surface area contributed by atoms with Crippen LogP contribution in [0.15, 0.2) is 29.6 Å². The number of aromatic nitrogens is 2. The van der Waals surface area contributed by atoms with E-state index in [0.717, 1.165) is 11.4 Å². The van der Waals surface area contributed by atoms with Gasteiger partial charge in [0.2, 0.25) is 0 Å². The largest absolute Gasteiger partial charge is 0.348 e. The molecule has 1 aromatic heterocycles. The highest BCUT2D eigenvalue weighted by Crippen LogP contribution is 2.09. The zero-order valence-electron chi connectivity index (χ0n) is 10.3. The number of hydrogen-bond acceptors (Lipinski definition) is 1. The molecule has 0 spiro atoms. The van der Waals surface area contributed by atoms with Crippen molar-refractivity contribution in [2.24, 2.45) is 0 Å². The third-order valence-corrected chi connectivity index (χ3v) is 2.53. The molecule has 0 aliphatic rings. The second kappa shape index (κ2) is 6.99. The summed E-state index contributed by atoms with van der Waals surface area (Å²) in [5.74, 6) is 0. The maximum Gasteiger partial charge on any atom is 0.110 e. The zero-order valence-corrected chi connectivity index (χ0v) is 10.3. The van der Waals surface area contributed by atoms with Gasteiger partial charge >= 0.3 is 0 Å². The van der Waals surface area contributed by atoms with Gasteiger partial charge < -0.3 is 4.98 Å². The molecule has 0 aliphatic carbocycles. The molecule has 4 heteroatoms. The van der Waals surface area contributed by atoms with Gasteiger partial charge in [-0.2, -0.15) is 0 Å². The maximum atomic E-state index is 12.3. The zero-order chi connectivity index (χ0) is 12.7. The minimum absolute atomic E-state index is 0.426. The molecule has 2 nitrogen and oxygen atoms in total. The van der Waals surface area contributed by atoms with Crippen LogP contribution in [0.1, 0.15) is 25.2 Å². The minimum atomic E-state index is -0.430. The first kappa shape index (κ1) is 13.6. The number of H-pyrrole nitrogens is 1. The molecule has 0 saturated carbocycles. The molecule has 1 N–H and O–H groups in total. The summed E-state index contributed by atoms with van der Waals surface area (Å²) in [7, 11) is 0. The fraction of sp³-hybridized carbons (Fsp3) is 0.462. The summed E-state index contributed by atoms with van der Waals surface area (Å²) < 4.78 is 24.5. The van der Waals surface area contributed by atoms with E-state index in [4.69, 9.17) is 0 Å². The monoisotopic (exact) mass is 240 g/mol. The van der Waals surface area contributed by atoms with Gasteiger partial charge in [0.1, 0.15) is 13.3 Å². The highest BCUT2D eigenvalue weighted by molar-refractivity contribution is 5.19. The lowest BCUT2D eigenvalue weighted by Crippen LogP contribution is -1.93. The molecule has 1 rings (SSSR count). The molecule has 94 valence electrons. The lowest BCUT2D eigenvalue weighted by atomic mass is 10.1. The second-order valence-electron chi connectivity index (χ2n) is 4.10. The van der Waals surface area contributed by atoms with Gasteiger partial charge in [-0.1, -0.05) is 12.2 Å². The van der Waals surface area contributed by atoms with Crippen molar-refractivity contribution in [2.45, 2.75) is 26.7 Å². The first-order valence-corrected chi connectivity index (χ1v) is 5.61. The van der Waals surface area contributed by atoms with Crippen LogP contribution in [0, 0.1) is 0 Å². The van der Waals surface area contributed by atoms with Crippen molar-refractivity contribution in [1.82, 2.24) is 9.97 Å². The SMILES string of the molecule is C/C(=C\Cc1nc[nH]c1C/C=C(\C)CF)CF. The Hall–Kier alpha value is -1.45. The molecule has 1 aromatic rings. The topological polar surface area (TPSA) is 28.7 Å². The number of rotatable bonds is 6. The number of alkyl halides is 2. The van der Waals surface area contributed by atoms with E-state index in [1.807, 2.05) is 12.2 Å². The molecule has 0 atom stereocenters. The number of allylic oxidation sites excluding steroid dienone is 4. The maximum absolute atomic E-state index is 12.3. The number of halogens is 2. The van der Waals surface area contributed by atoms with E-state index in [9.17, 15) is 8.78 Å². The first-order chi connectivity index (χ1) is 8.17. The van der Waals surface area contributed by atoms with Gasteiger partial charge in [-0.15, -0.1) is 0 Å². The van der Waals surface area contributed by atoms with Gasteiger partial charge in [0.25, 0.3) is 0 Å². The average molecular weight is 240 g/mol. The van der Waals surface area contributed by atoms with Crippen LogP contribution in [-0.2, 0) is 12.8 Å². The fourth-order valence-corrected chi connectivity index (χ4v) is 1.36. The van der Waals surface area contributed by atoms with Crippen LogP contribution in [0.5, 0.6) is 0 Å². The summed E-state index contributed by atoms with van der Waals surface area (Å²) >= 11 is 0. The van der Waals surface area contributed by atoms with E-state index in [2.05, 4.69) is 9.97 Å². The number of nitrogens with one attached hydrogen (secondary N) is 1. The summed E-state index contributed by atoms with van der Waals surface area (Å²) in [5, 5.41) is 0. The van der Waals surface area contributed by atoms with Gasteiger partial charge in [-0.05, 0) is 25.0 Å². The van der Waals surface area contributed by atoms with Crippen molar-refractivity contribution in [3.05, 3.63) is 41.0 Å². The van der Waals surface area contributed by atoms with E-state index in [1.54, 1.807) is 20.2 Å². The molecule has 0 bridgehead atoms. The highest BCUT2D eigenvalue weighted by atomic mass is 19.1. The Morgan fingerprint density at radius 1 is 1.18 bits per heavy atom. The van der Waals surface area contributed by atoms with Crippen LogP contribution in [-0.4, -0.2) is 23.3 Å². The molecule has 0 saturated heterocycles. The van der Waals surface area contributed by atoms with Crippen molar-refractivity contribution in [3.63, 3.8) is 0 Å². The van der Waals surface area contributed by atoms with E-state index in [0.29, 0.717) is 24.0 Å². The summed E-state index contributed by atoms with van der Waals surface area (Å²) in [5.41, 5.74) is 3.26. The van der Waals surface area contributed by atoms with Gasteiger partial charge in [-0.3, -0.25) is 0 Å². The van der Waals surface area contributed by atoms with Gasteiger partial charge in [0.05, 0.1) is 12.0 Å². The standard InChI is InChI=1S/C13H18F2N2/c1-10(7-14)3-5-12-13(17-9-16-12)6-4-11(2)8-15/h3-4,9H,5-8H2,1-2H3,(H,16,17)/b10-3+,11-4+. The minimum Gasteiger partial charge on any atom is -0.348 e. The number of imidazole rings is 1. The summed E-state index contributed by atoms with van der Waals surface area (Å²) in [6.07, 6.45) is 6.51. The Morgan fingerprint density at radius 3 is 2.35 bits per heavy atom. The molecule has 0 amide bonds. The summed E-state index contributed by atoms with van der Waals surface area (Å²) in [6.45, 7) is 2.65. The second-order valence-corrected chi connectivity index (χ2v) is 4.10. The lowest BCUT2D eigenvalue weighted by molar-refractivity contribution is 0.542. The van der Waals surface area contributed by atoms with Crippen molar-refractivity contribution in [2.75, 3.05) is 13.3 Å². The van der Waals surface area contributed by atoms with Crippen molar-refractivity contribution < 1.29 is 8.78 Å². The Kier molecular flexibility index (Phi) is 5.60. The van der Waals surface area contributed by atoms with Gasteiger partial charge in [0, 0.05) is 18.5 Å². The van der Waals surface area contributed by atoms with Crippen LogP contribution < -0.4 is 0 Å². The van der Waals surface area contributed by atoms with Crippen LogP contribution in [0.4, 0.5) is 8.78 Å². The normalized spacial score (nSPS) is 13.2. The van der Waals surface area contributed by atoms with Crippen molar-refractivity contribution in [1.29, 1.82) is 0 Å². The quantitative estimate of drug-likeness (QED) is 0.759. The number of hydrogen-bond donors (Lipinski definition) is 1. The van der Waals surface area contributed by atoms with Crippen molar-refractivity contribution in [3.8, 4) is 0 Å². The van der Waals surface area contributed by atoms with Crippen LogP contribution in [0.25, 0.3) is 0 Å². The van der Waals surface area contributed by atoms with Gasteiger partial charge in [0.15, 0.2) is 0 Å². The van der Waals surface area contributed by atoms with Crippen LogP contribution >= 0.6 is 0 Å². The number of aromatic amines is 1. The summed E-state index contributed by atoms with van der Waals surface area (Å²) in [4.78, 5) is 7.21. The molecule has 1 heterocycles. The van der Waals surface area contributed by atoms with Crippen LogP contribution in [0.2, 0.25) is 0 Å². The Labute approximate surface area is 100 Å². The molecule has 0 aliphatic heterocycles. The smallest absolute Gasteiger partial charge is 0.110 e. The molecule has 0 radical (unpaired) electrons. The van der Waals surface area contributed by atoms with E-state index in [1.165, 1.54) is 0 Å². The molecular weight excluding hydrogens is 222 g/mol. The average Bonchev–Trinajstić information content (AvgIpc) is 2.80. The third-order valence-electron chi connectivity index (χ3n) is 2.53. The molecule has 0 fully saturated rings. The van der Waals surface area contributed by atoms with E-state index in [-0.39, 0.29) is 0 Å². The third kappa shape index (κ3) is 4.51. The predicted molar refractivity (Wildman–Crippen MR) is 65.5 cm³/mol. The lowest BCUT2D eigenvalue weighted by Gasteiger charge is -1.99. The molecule has 0 unspecified atom stereocenters. The van der Waals surface area contributed by atoms with E-state index < -0.39 is 13.3 Å². The fourth-order valence-electron chi connectivity index (χ4n) is 1.36. The first-order valence-electron chi connectivity index (χ1n) is 5.61. The Bertz CT molecular complexity index is 369. The van der Waals surface area contributed by atoms with Gasteiger partial charge in [-0.25, -0.2) is 13.8 Å². The molecular formula is C13H18F2N2.